The second-order valence-corrected chi connectivity index (χ2v) is 5.41. The van der Waals surface area contributed by atoms with Gasteiger partial charge in [-0.15, -0.1) is 0 Å². The molecule has 1 aromatic rings. The van der Waals surface area contributed by atoms with Crippen molar-refractivity contribution in [1.82, 2.24) is 9.88 Å². The standard InChI is InChI=1S/C14H20N2O/c1-10-5-13(7-15-6-10)14(17)16-8-11(2)4-12(3)9-16/h5-7,11-12H,4,8-9H2,1-3H3. The molecule has 2 rings (SSSR count). The van der Waals surface area contributed by atoms with Gasteiger partial charge in [0.05, 0.1) is 5.56 Å². The first-order valence-electron chi connectivity index (χ1n) is 6.27. The average molecular weight is 232 g/mol. The predicted molar refractivity (Wildman–Crippen MR) is 67.8 cm³/mol. The number of hydrogen-bond donors (Lipinski definition) is 0. The maximum absolute atomic E-state index is 12.3. The Bertz CT molecular complexity index is 406. The lowest BCUT2D eigenvalue weighted by Crippen LogP contribution is -2.42. The first kappa shape index (κ1) is 12.1. The minimum absolute atomic E-state index is 0.125. The molecule has 2 unspecified atom stereocenters. The third kappa shape index (κ3) is 2.84. The van der Waals surface area contributed by atoms with Crippen molar-refractivity contribution in [2.45, 2.75) is 27.2 Å². The molecule has 1 saturated heterocycles. The highest BCUT2D eigenvalue weighted by atomic mass is 16.2. The van der Waals surface area contributed by atoms with Crippen molar-refractivity contribution in [2.75, 3.05) is 13.1 Å². The van der Waals surface area contributed by atoms with Crippen LogP contribution in [0, 0.1) is 18.8 Å². The SMILES string of the molecule is Cc1cncc(C(=O)N2CC(C)CC(C)C2)c1. The highest BCUT2D eigenvalue weighted by molar-refractivity contribution is 5.94. The van der Waals surface area contributed by atoms with Crippen LogP contribution in [-0.4, -0.2) is 28.9 Å². The Kier molecular flexibility index (Phi) is 3.46. The molecule has 0 bridgehead atoms. The van der Waals surface area contributed by atoms with Gasteiger partial charge in [-0.25, -0.2) is 0 Å². The van der Waals surface area contributed by atoms with E-state index in [1.54, 1.807) is 12.4 Å². The molecule has 3 heteroatoms. The molecule has 2 heterocycles. The summed E-state index contributed by atoms with van der Waals surface area (Å²) in [6, 6.07) is 1.92. The molecule has 17 heavy (non-hydrogen) atoms. The monoisotopic (exact) mass is 232 g/mol. The summed E-state index contributed by atoms with van der Waals surface area (Å²) in [6.07, 6.45) is 4.66. The number of hydrogen-bond acceptors (Lipinski definition) is 2. The first-order valence-corrected chi connectivity index (χ1v) is 6.27. The number of amides is 1. The van der Waals surface area contributed by atoms with Gasteiger partial charge in [-0.2, -0.15) is 0 Å². The molecule has 1 fully saturated rings. The van der Waals surface area contributed by atoms with Gasteiger partial charge in [-0.05, 0) is 36.8 Å². The van der Waals surface area contributed by atoms with Gasteiger partial charge >= 0.3 is 0 Å². The van der Waals surface area contributed by atoms with Crippen LogP contribution in [0.25, 0.3) is 0 Å². The molecule has 0 radical (unpaired) electrons. The topological polar surface area (TPSA) is 33.2 Å². The van der Waals surface area contributed by atoms with Crippen LogP contribution in [0.3, 0.4) is 0 Å². The lowest BCUT2D eigenvalue weighted by Gasteiger charge is -2.35. The number of carbonyl (C=O) groups excluding carboxylic acids is 1. The molecule has 92 valence electrons. The Balaban J connectivity index is 2.14. The van der Waals surface area contributed by atoms with Crippen molar-refractivity contribution >= 4 is 5.91 Å². The summed E-state index contributed by atoms with van der Waals surface area (Å²) >= 11 is 0. The molecule has 1 aliphatic rings. The molecule has 0 N–H and O–H groups in total. The third-order valence-corrected chi connectivity index (χ3v) is 3.28. The maximum atomic E-state index is 12.3. The van der Waals surface area contributed by atoms with Gasteiger partial charge in [0.2, 0.25) is 0 Å². The fourth-order valence-electron chi connectivity index (χ4n) is 2.68. The van der Waals surface area contributed by atoms with Crippen LogP contribution in [0.5, 0.6) is 0 Å². The molecular weight excluding hydrogens is 212 g/mol. The van der Waals surface area contributed by atoms with E-state index in [-0.39, 0.29) is 5.91 Å². The van der Waals surface area contributed by atoms with Crippen molar-refractivity contribution in [3.63, 3.8) is 0 Å². The van der Waals surface area contributed by atoms with Gasteiger partial charge in [0.15, 0.2) is 0 Å². The van der Waals surface area contributed by atoms with Gasteiger partial charge < -0.3 is 4.90 Å². The minimum Gasteiger partial charge on any atom is -0.338 e. The number of aromatic nitrogens is 1. The Labute approximate surface area is 103 Å². The normalized spacial score (nSPS) is 24.8. The quantitative estimate of drug-likeness (QED) is 0.745. The lowest BCUT2D eigenvalue weighted by molar-refractivity contribution is 0.0622. The number of likely N-dealkylation sites (tertiary alicyclic amines) is 1. The second kappa shape index (κ2) is 4.86. The fraction of sp³-hybridized carbons (Fsp3) is 0.571. The van der Waals surface area contributed by atoms with Crippen molar-refractivity contribution in [3.8, 4) is 0 Å². The fourth-order valence-corrected chi connectivity index (χ4v) is 2.68. The lowest BCUT2D eigenvalue weighted by atomic mass is 9.91. The maximum Gasteiger partial charge on any atom is 0.255 e. The highest BCUT2D eigenvalue weighted by Crippen LogP contribution is 2.22. The highest BCUT2D eigenvalue weighted by Gasteiger charge is 2.26. The van der Waals surface area contributed by atoms with Gasteiger partial charge in [-0.3, -0.25) is 9.78 Å². The number of pyridine rings is 1. The number of carbonyl (C=O) groups is 1. The van der Waals surface area contributed by atoms with Crippen LogP contribution >= 0.6 is 0 Å². The molecule has 0 aliphatic carbocycles. The van der Waals surface area contributed by atoms with E-state index in [2.05, 4.69) is 18.8 Å². The molecule has 2 atom stereocenters. The summed E-state index contributed by atoms with van der Waals surface area (Å²) < 4.78 is 0. The van der Waals surface area contributed by atoms with E-state index in [0.29, 0.717) is 17.4 Å². The minimum atomic E-state index is 0.125. The van der Waals surface area contributed by atoms with Crippen molar-refractivity contribution in [1.29, 1.82) is 0 Å². The summed E-state index contributed by atoms with van der Waals surface area (Å²) in [5.41, 5.74) is 1.75. The van der Waals surface area contributed by atoms with Crippen molar-refractivity contribution in [3.05, 3.63) is 29.6 Å². The van der Waals surface area contributed by atoms with E-state index in [0.717, 1.165) is 18.7 Å². The number of rotatable bonds is 1. The molecular formula is C14H20N2O. The van der Waals surface area contributed by atoms with Crippen LogP contribution in [0.4, 0.5) is 0 Å². The van der Waals surface area contributed by atoms with Crippen LogP contribution in [0.1, 0.15) is 36.2 Å². The number of nitrogens with zero attached hydrogens (tertiary/aromatic N) is 2. The van der Waals surface area contributed by atoms with Gasteiger partial charge in [-0.1, -0.05) is 13.8 Å². The second-order valence-electron chi connectivity index (χ2n) is 5.41. The predicted octanol–water partition coefficient (Wildman–Crippen LogP) is 2.51. The molecule has 1 aliphatic heterocycles. The Morgan fingerprint density at radius 3 is 2.53 bits per heavy atom. The third-order valence-electron chi connectivity index (χ3n) is 3.28. The molecule has 0 saturated carbocycles. The largest absolute Gasteiger partial charge is 0.338 e. The van der Waals surface area contributed by atoms with Crippen LogP contribution in [0.2, 0.25) is 0 Å². The zero-order valence-corrected chi connectivity index (χ0v) is 10.8. The van der Waals surface area contributed by atoms with Crippen LogP contribution in [-0.2, 0) is 0 Å². The Morgan fingerprint density at radius 2 is 1.94 bits per heavy atom. The Morgan fingerprint density at radius 1 is 1.29 bits per heavy atom. The average Bonchev–Trinajstić information content (AvgIpc) is 2.26. The van der Waals surface area contributed by atoms with Crippen molar-refractivity contribution < 1.29 is 4.79 Å². The molecule has 0 aromatic carbocycles. The summed E-state index contributed by atoms with van der Waals surface area (Å²) in [7, 11) is 0. The summed E-state index contributed by atoms with van der Waals surface area (Å²) in [5.74, 6) is 1.32. The summed E-state index contributed by atoms with van der Waals surface area (Å²) in [4.78, 5) is 18.4. The first-order chi connectivity index (χ1) is 8.06. The molecule has 1 amide bonds. The zero-order chi connectivity index (χ0) is 12.4. The van der Waals surface area contributed by atoms with E-state index in [1.807, 2.05) is 17.9 Å². The number of piperidine rings is 1. The number of aryl methyl sites for hydroxylation is 1. The summed E-state index contributed by atoms with van der Waals surface area (Å²) in [5, 5.41) is 0. The molecule has 3 nitrogen and oxygen atoms in total. The van der Waals surface area contributed by atoms with Crippen LogP contribution < -0.4 is 0 Å². The summed E-state index contributed by atoms with van der Waals surface area (Å²) in [6.45, 7) is 8.13. The van der Waals surface area contributed by atoms with E-state index in [4.69, 9.17) is 0 Å². The van der Waals surface area contributed by atoms with E-state index in [9.17, 15) is 4.79 Å². The zero-order valence-electron chi connectivity index (χ0n) is 10.8. The Hall–Kier alpha value is -1.38. The van der Waals surface area contributed by atoms with E-state index >= 15 is 0 Å². The van der Waals surface area contributed by atoms with E-state index in [1.165, 1.54) is 6.42 Å². The smallest absolute Gasteiger partial charge is 0.255 e. The van der Waals surface area contributed by atoms with Gasteiger partial charge in [0, 0.05) is 25.5 Å². The molecule has 0 spiro atoms. The van der Waals surface area contributed by atoms with Crippen LogP contribution in [0.15, 0.2) is 18.5 Å². The van der Waals surface area contributed by atoms with Gasteiger partial charge in [0.25, 0.3) is 5.91 Å². The van der Waals surface area contributed by atoms with E-state index < -0.39 is 0 Å². The van der Waals surface area contributed by atoms with Crippen molar-refractivity contribution in [2.24, 2.45) is 11.8 Å². The molecule has 1 aromatic heterocycles. The van der Waals surface area contributed by atoms with Gasteiger partial charge in [0.1, 0.15) is 0 Å².